The minimum absolute atomic E-state index is 0.241. The van der Waals surface area contributed by atoms with Gasteiger partial charge in [-0.05, 0) is 61.6 Å². The zero-order valence-electron chi connectivity index (χ0n) is 18.9. The first-order valence-corrected chi connectivity index (χ1v) is 13.2. The molecule has 0 radical (unpaired) electrons. The maximum absolute atomic E-state index is 12.7. The normalized spacial score (nSPS) is 11.7. The van der Waals surface area contributed by atoms with E-state index in [2.05, 4.69) is 26.7 Å². The number of halogens is 1. The van der Waals surface area contributed by atoms with Crippen LogP contribution in [0.25, 0.3) is 0 Å². The number of nitrogens with one attached hydrogen (secondary N) is 1. The molecule has 6 nitrogen and oxygen atoms in total. The van der Waals surface area contributed by atoms with E-state index in [4.69, 9.17) is 15.0 Å². The molecular weight excluding hydrogens is 520 g/mol. The number of thioether (sulfide) groups is 1. The van der Waals surface area contributed by atoms with E-state index < -0.39 is 0 Å². The Bertz CT molecular complexity index is 1000. The number of carbonyl (C=O) groups excluding carboxylic acids is 1. The fourth-order valence-electron chi connectivity index (χ4n) is 2.77. The van der Waals surface area contributed by atoms with Crippen LogP contribution in [0.5, 0.6) is 0 Å². The van der Waals surface area contributed by atoms with Gasteiger partial charge < -0.3 is 9.64 Å². The summed E-state index contributed by atoms with van der Waals surface area (Å²) in [7, 11) is 1.66. The highest BCUT2D eigenvalue weighted by atomic mass is 79.9. The summed E-state index contributed by atoms with van der Waals surface area (Å²) in [6, 6.07) is 17.6. The van der Waals surface area contributed by atoms with Gasteiger partial charge in [-0.3, -0.25) is 9.52 Å². The zero-order chi connectivity index (χ0) is 24.1. The minimum atomic E-state index is -0.241. The Kier molecular flexibility index (Phi) is 12.1. The Labute approximate surface area is 212 Å². The number of nitrogens with zero attached hydrogens (tertiary/aromatic N) is 3. The lowest BCUT2D eigenvalue weighted by molar-refractivity contribution is -0.115. The number of anilines is 1. The van der Waals surface area contributed by atoms with Crippen LogP contribution in [0.15, 0.2) is 69.8 Å². The van der Waals surface area contributed by atoms with E-state index in [1.807, 2.05) is 47.6 Å². The molecule has 0 aliphatic carbocycles. The average Bonchev–Trinajstić information content (AvgIpc) is 2.84. The quantitative estimate of drug-likeness (QED) is 0.134. The summed E-state index contributed by atoms with van der Waals surface area (Å²) in [5.74, 6) is 0.520. The first kappa shape index (κ1) is 27.0. The van der Waals surface area contributed by atoms with Gasteiger partial charge in [-0.15, -0.1) is 0 Å². The van der Waals surface area contributed by atoms with Crippen molar-refractivity contribution >= 4 is 56.4 Å². The van der Waals surface area contributed by atoms with Crippen molar-refractivity contribution in [2.24, 2.45) is 4.99 Å². The fraction of sp³-hybridized carbons (Fsp3) is 0.292. The Morgan fingerprint density at radius 1 is 1.24 bits per heavy atom. The monoisotopic (exact) mass is 546 g/mol. The number of hydrogen-bond donors (Lipinski definition) is 1. The van der Waals surface area contributed by atoms with Crippen LogP contribution < -0.4 is 9.62 Å². The molecule has 2 aromatic carbocycles. The topological polar surface area (TPSA) is 77.7 Å². The maximum Gasteiger partial charge on any atom is 0.279 e. The number of allylic oxidation sites excluding steroid dienone is 1. The molecule has 33 heavy (non-hydrogen) atoms. The van der Waals surface area contributed by atoms with Gasteiger partial charge in [0.05, 0.1) is 18.2 Å². The Morgan fingerprint density at radius 3 is 2.52 bits per heavy atom. The second kappa shape index (κ2) is 14.8. The number of nitriles is 1. The van der Waals surface area contributed by atoms with Crippen molar-refractivity contribution in [2.75, 3.05) is 30.6 Å². The second-order valence-electron chi connectivity index (χ2n) is 6.77. The first-order valence-electron chi connectivity index (χ1n) is 10.2. The second-order valence-corrected chi connectivity index (χ2v) is 9.36. The summed E-state index contributed by atoms with van der Waals surface area (Å²) in [6.07, 6.45) is 4.49. The molecule has 0 aromatic heterocycles. The van der Waals surface area contributed by atoms with Crippen LogP contribution in [0.2, 0.25) is 0 Å². The number of benzene rings is 2. The van der Waals surface area contributed by atoms with Crippen LogP contribution in [0.4, 0.5) is 5.69 Å². The van der Waals surface area contributed by atoms with Crippen LogP contribution in [-0.2, 0) is 16.1 Å². The van der Waals surface area contributed by atoms with Crippen molar-refractivity contribution in [3.05, 3.63) is 75.9 Å². The first-order chi connectivity index (χ1) is 16.0. The van der Waals surface area contributed by atoms with Crippen LogP contribution in [0, 0.1) is 11.3 Å². The van der Waals surface area contributed by atoms with Crippen LogP contribution >= 0.6 is 39.6 Å². The lowest BCUT2D eigenvalue weighted by Crippen LogP contribution is -2.29. The van der Waals surface area contributed by atoms with E-state index in [1.165, 1.54) is 23.7 Å². The Hall–Kier alpha value is -2.25. The van der Waals surface area contributed by atoms with Gasteiger partial charge in [0, 0.05) is 29.6 Å². The zero-order valence-corrected chi connectivity index (χ0v) is 22.1. The number of methoxy groups -OCH3 is 1. The van der Waals surface area contributed by atoms with Gasteiger partial charge in [0.1, 0.15) is 5.70 Å². The highest BCUT2D eigenvalue weighted by molar-refractivity contribution is 9.10. The number of ether oxygens (including phenoxy) is 1. The van der Waals surface area contributed by atoms with Gasteiger partial charge in [-0.25, -0.2) is 4.99 Å². The molecule has 0 atom stereocenters. The minimum Gasteiger partial charge on any atom is -0.385 e. The van der Waals surface area contributed by atoms with Gasteiger partial charge in [-0.2, -0.15) is 5.26 Å². The molecule has 0 aliphatic rings. The third kappa shape index (κ3) is 8.89. The van der Waals surface area contributed by atoms with E-state index in [0.717, 1.165) is 27.9 Å². The molecule has 9 heteroatoms. The lowest BCUT2D eigenvalue weighted by atomic mass is 10.2. The van der Waals surface area contributed by atoms with Crippen LogP contribution in [0.3, 0.4) is 0 Å². The number of amidine groups is 1. The van der Waals surface area contributed by atoms with Crippen molar-refractivity contribution in [1.29, 1.82) is 5.26 Å². The van der Waals surface area contributed by atoms with E-state index in [9.17, 15) is 4.79 Å². The molecule has 0 saturated heterocycles. The predicted octanol–water partition coefficient (Wildman–Crippen LogP) is 5.75. The molecule has 0 unspecified atom stereocenters. The van der Waals surface area contributed by atoms with Crippen molar-refractivity contribution in [2.45, 2.75) is 19.9 Å². The number of amides is 1. The highest BCUT2D eigenvalue weighted by Crippen LogP contribution is 2.24. The fourth-order valence-corrected chi connectivity index (χ4v) is 4.21. The van der Waals surface area contributed by atoms with Gasteiger partial charge in [-0.1, -0.05) is 57.8 Å². The number of aliphatic imine (C=N–C) groups is 1. The molecule has 0 heterocycles. The van der Waals surface area contributed by atoms with Gasteiger partial charge >= 0.3 is 0 Å². The summed E-state index contributed by atoms with van der Waals surface area (Å²) in [5, 5.41) is 9.83. The Balaban J connectivity index is 2.30. The molecule has 0 spiro atoms. The summed E-state index contributed by atoms with van der Waals surface area (Å²) in [5.41, 5.74) is 2.90. The van der Waals surface area contributed by atoms with Crippen molar-refractivity contribution in [1.82, 2.24) is 4.72 Å². The van der Waals surface area contributed by atoms with Gasteiger partial charge in [0.2, 0.25) is 0 Å². The smallest absolute Gasteiger partial charge is 0.279 e. The molecular formula is C24H27BrN4O2S2. The molecule has 2 rings (SSSR count). The van der Waals surface area contributed by atoms with Crippen molar-refractivity contribution in [3.63, 3.8) is 0 Å². The lowest BCUT2D eigenvalue weighted by Gasteiger charge is -2.26. The molecule has 1 N–H and O–H groups in total. The van der Waals surface area contributed by atoms with Crippen LogP contribution in [0.1, 0.15) is 24.5 Å². The SMILES string of the molecule is C/C=C(/N=C(\SC)N(Cc1ccc(Br)cc1)c1ccc(C#N)cc1)C(=O)NSCCCOC. The average molecular weight is 548 g/mol. The van der Waals surface area contributed by atoms with Crippen molar-refractivity contribution in [3.8, 4) is 6.07 Å². The largest absolute Gasteiger partial charge is 0.385 e. The summed E-state index contributed by atoms with van der Waals surface area (Å²) < 4.78 is 8.89. The number of hydrogen-bond acceptors (Lipinski definition) is 6. The molecule has 174 valence electrons. The van der Waals surface area contributed by atoms with E-state index in [0.29, 0.717) is 29.6 Å². The van der Waals surface area contributed by atoms with E-state index >= 15 is 0 Å². The molecule has 2 aromatic rings. The molecule has 0 fully saturated rings. The number of carbonyl (C=O) groups is 1. The Morgan fingerprint density at radius 2 is 1.94 bits per heavy atom. The molecule has 0 bridgehead atoms. The standard InChI is InChI=1S/C24H27BrN4O2S2/c1-4-22(23(30)28-33-15-5-14-31-2)27-24(32-3)29(17-19-6-10-20(25)11-7-19)21-12-8-18(16-26)9-13-21/h4,6-13H,5,14-15,17H2,1-3H3,(H,28,30)/b22-4+,27-24-. The molecule has 1 amide bonds. The molecule has 0 aliphatic heterocycles. The van der Waals surface area contributed by atoms with E-state index in [-0.39, 0.29) is 5.91 Å². The van der Waals surface area contributed by atoms with E-state index in [1.54, 1.807) is 32.2 Å². The summed E-state index contributed by atoms with van der Waals surface area (Å²) in [4.78, 5) is 19.4. The number of rotatable bonds is 10. The van der Waals surface area contributed by atoms with Gasteiger partial charge in [0.15, 0.2) is 5.17 Å². The van der Waals surface area contributed by atoms with Gasteiger partial charge in [0.25, 0.3) is 5.91 Å². The third-order valence-electron chi connectivity index (χ3n) is 4.46. The highest BCUT2D eigenvalue weighted by Gasteiger charge is 2.17. The molecule has 0 saturated carbocycles. The van der Waals surface area contributed by atoms with Crippen molar-refractivity contribution < 1.29 is 9.53 Å². The summed E-state index contributed by atoms with van der Waals surface area (Å²) in [6.45, 7) is 3.01. The predicted molar refractivity (Wildman–Crippen MR) is 143 cm³/mol. The summed E-state index contributed by atoms with van der Waals surface area (Å²) >= 11 is 6.28. The van der Waals surface area contributed by atoms with Crippen LogP contribution in [-0.4, -0.2) is 36.8 Å². The third-order valence-corrected chi connectivity index (χ3v) is 6.49. The maximum atomic E-state index is 12.7.